The molecule has 0 aromatic rings. The number of amides is 1. The third kappa shape index (κ3) is 6.77. The van der Waals surface area contributed by atoms with E-state index in [0.717, 1.165) is 25.7 Å². The predicted molar refractivity (Wildman–Crippen MR) is 87.2 cm³/mol. The molecule has 1 fully saturated rings. The van der Waals surface area contributed by atoms with E-state index < -0.39 is 5.60 Å². The number of hydrogen-bond donors (Lipinski definition) is 0. The number of methoxy groups -OCH3 is 1. The summed E-state index contributed by atoms with van der Waals surface area (Å²) in [5.74, 6) is -0.122. The molecule has 1 aliphatic rings. The lowest BCUT2D eigenvalue weighted by atomic mass is 9.87. The van der Waals surface area contributed by atoms with Crippen molar-refractivity contribution in [1.29, 1.82) is 0 Å². The molecule has 1 saturated carbocycles. The van der Waals surface area contributed by atoms with Crippen LogP contribution in [0.1, 0.15) is 53.4 Å². The zero-order valence-corrected chi connectivity index (χ0v) is 15.3. The molecule has 0 aromatic carbocycles. The van der Waals surface area contributed by atoms with Crippen molar-refractivity contribution in [2.24, 2.45) is 5.92 Å². The fraction of sp³-hybridized carbons (Fsp3) is 0.882. The van der Waals surface area contributed by atoms with E-state index in [1.165, 1.54) is 7.11 Å². The molecule has 1 rings (SSSR count). The average Bonchev–Trinajstić information content (AvgIpc) is 2.49. The zero-order chi connectivity index (χ0) is 17.6. The van der Waals surface area contributed by atoms with Crippen LogP contribution in [0.25, 0.3) is 0 Å². The van der Waals surface area contributed by atoms with Crippen LogP contribution in [0.5, 0.6) is 0 Å². The van der Waals surface area contributed by atoms with Crippen molar-refractivity contribution in [2.75, 3.05) is 20.8 Å². The fourth-order valence-electron chi connectivity index (χ4n) is 2.53. The van der Waals surface area contributed by atoms with Gasteiger partial charge in [-0.1, -0.05) is 0 Å². The Kier molecular flexibility index (Phi) is 7.32. The van der Waals surface area contributed by atoms with Crippen molar-refractivity contribution < 1.29 is 23.8 Å². The van der Waals surface area contributed by atoms with Crippen molar-refractivity contribution in [2.45, 2.75) is 71.1 Å². The number of carbonyl (C=O) groups excluding carboxylic acids is 2. The van der Waals surface area contributed by atoms with E-state index in [-0.39, 0.29) is 30.1 Å². The largest absolute Gasteiger partial charge is 0.469 e. The van der Waals surface area contributed by atoms with Gasteiger partial charge in [0.15, 0.2) is 0 Å². The molecule has 0 spiro atoms. The smallest absolute Gasteiger partial charge is 0.410 e. The molecule has 0 radical (unpaired) electrons. The van der Waals surface area contributed by atoms with Crippen molar-refractivity contribution in [3.05, 3.63) is 0 Å². The summed E-state index contributed by atoms with van der Waals surface area (Å²) in [7, 11) is 3.15. The first kappa shape index (κ1) is 19.7. The van der Waals surface area contributed by atoms with Crippen LogP contribution in [-0.4, -0.2) is 55.5 Å². The van der Waals surface area contributed by atoms with Crippen LogP contribution < -0.4 is 0 Å². The lowest BCUT2D eigenvalue weighted by molar-refractivity contribution is -0.147. The van der Waals surface area contributed by atoms with Gasteiger partial charge >= 0.3 is 12.1 Å². The molecule has 0 N–H and O–H groups in total. The number of carbonyl (C=O) groups is 2. The molecule has 0 aliphatic heterocycles. The van der Waals surface area contributed by atoms with E-state index in [4.69, 9.17) is 14.2 Å². The molecule has 1 aliphatic carbocycles. The molecule has 134 valence electrons. The van der Waals surface area contributed by atoms with E-state index in [1.54, 1.807) is 11.9 Å². The summed E-state index contributed by atoms with van der Waals surface area (Å²) in [5, 5.41) is 0. The second-order valence-corrected chi connectivity index (χ2v) is 7.27. The minimum atomic E-state index is -0.502. The maximum atomic E-state index is 12.0. The standard InChI is InChI=1S/C17H31NO5/c1-12(18(5)16(20)23-17(2,3)4)11-22-14-9-7-13(8-10-14)15(19)21-6/h12-14H,7-11H2,1-6H3/t12-,13-,14-/m0/s1. The summed E-state index contributed by atoms with van der Waals surface area (Å²) in [5.41, 5.74) is -0.502. The lowest BCUT2D eigenvalue weighted by Gasteiger charge is -2.31. The maximum absolute atomic E-state index is 12.0. The molecule has 23 heavy (non-hydrogen) atoms. The summed E-state index contributed by atoms with van der Waals surface area (Å²) in [6.45, 7) is 7.94. The Morgan fingerprint density at radius 1 is 1.17 bits per heavy atom. The molecule has 0 saturated heterocycles. The number of hydrogen-bond acceptors (Lipinski definition) is 5. The molecule has 6 heteroatoms. The Morgan fingerprint density at radius 3 is 2.22 bits per heavy atom. The van der Waals surface area contributed by atoms with Crippen LogP contribution in [0.4, 0.5) is 4.79 Å². The van der Waals surface area contributed by atoms with Gasteiger partial charge in [-0.25, -0.2) is 4.79 Å². The first-order chi connectivity index (χ1) is 10.6. The van der Waals surface area contributed by atoms with Gasteiger partial charge in [0.1, 0.15) is 5.60 Å². The summed E-state index contributed by atoms with van der Waals surface area (Å²) in [4.78, 5) is 25.1. The fourth-order valence-corrected chi connectivity index (χ4v) is 2.53. The van der Waals surface area contributed by atoms with Gasteiger partial charge in [0, 0.05) is 7.05 Å². The van der Waals surface area contributed by atoms with Crippen LogP contribution in [0.2, 0.25) is 0 Å². The second kappa shape index (κ2) is 8.52. The van der Waals surface area contributed by atoms with Gasteiger partial charge in [-0.3, -0.25) is 4.79 Å². The van der Waals surface area contributed by atoms with E-state index in [9.17, 15) is 9.59 Å². The van der Waals surface area contributed by atoms with Crippen molar-refractivity contribution in [1.82, 2.24) is 4.90 Å². The topological polar surface area (TPSA) is 65.1 Å². The Bertz CT molecular complexity index is 396. The predicted octanol–water partition coefficient (Wildman–Crippen LogP) is 2.99. The minimum Gasteiger partial charge on any atom is -0.469 e. The molecule has 6 nitrogen and oxygen atoms in total. The molecule has 1 amide bonds. The Morgan fingerprint density at radius 2 is 1.74 bits per heavy atom. The minimum absolute atomic E-state index is 0.00158. The SMILES string of the molecule is COC(=O)[C@H]1CC[C@H](OC[C@H](C)N(C)C(=O)OC(C)(C)C)CC1. The number of nitrogens with zero attached hydrogens (tertiary/aromatic N) is 1. The van der Waals surface area contributed by atoms with Crippen LogP contribution in [-0.2, 0) is 19.0 Å². The summed E-state index contributed by atoms with van der Waals surface area (Å²) in [6.07, 6.45) is 3.10. The van der Waals surface area contributed by atoms with Gasteiger partial charge in [-0.15, -0.1) is 0 Å². The maximum Gasteiger partial charge on any atom is 0.410 e. The molecular weight excluding hydrogens is 298 g/mol. The zero-order valence-electron chi connectivity index (χ0n) is 15.3. The lowest BCUT2D eigenvalue weighted by Crippen LogP contribution is -2.42. The van der Waals surface area contributed by atoms with Gasteiger partial charge in [0.2, 0.25) is 0 Å². The number of rotatable bonds is 5. The number of esters is 1. The summed E-state index contributed by atoms with van der Waals surface area (Å²) >= 11 is 0. The first-order valence-electron chi connectivity index (χ1n) is 8.29. The van der Waals surface area contributed by atoms with Crippen molar-refractivity contribution >= 4 is 12.1 Å². The number of likely N-dealkylation sites (N-methyl/N-ethyl adjacent to an activating group) is 1. The highest BCUT2D eigenvalue weighted by Crippen LogP contribution is 2.27. The van der Waals surface area contributed by atoms with Crippen molar-refractivity contribution in [3.8, 4) is 0 Å². The van der Waals surface area contributed by atoms with E-state index >= 15 is 0 Å². The van der Waals surface area contributed by atoms with Gasteiger partial charge in [0.25, 0.3) is 0 Å². The average molecular weight is 329 g/mol. The molecule has 0 unspecified atom stereocenters. The molecule has 1 atom stereocenters. The molecule has 0 heterocycles. The van der Waals surface area contributed by atoms with Crippen molar-refractivity contribution in [3.63, 3.8) is 0 Å². The van der Waals surface area contributed by atoms with E-state index in [1.807, 2.05) is 27.7 Å². The van der Waals surface area contributed by atoms with Gasteiger partial charge in [-0.05, 0) is 53.4 Å². The molecule has 0 bridgehead atoms. The highest BCUT2D eigenvalue weighted by molar-refractivity contribution is 5.72. The van der Waals surface area contributed by atoms with Gasteiger partial charge in [-0.2, -0.15) is 0 Å². The number of ether oxygens (including phenoxy) is 3. The van der Waals surface area contributed by atoms with E-state index in [0.29, 0.717) is 6.61 Å². The van der Waals surface area contributed by atoms with Crippen LogP contribution >= 0.6 is 0 Å². The second-order valence-electron chi connectivity index (χ2n) is 7.27. The third-order valence-corrected chi connectivity index (χ3v) is 4.12. The van der Waals surface area contributed by atoms with E-state index in [2.05, 4.69) is 0 Å². The summed E-state index contributed by atoms with van der Waals surface area (Å²) < 4.78 is 16.0. The highest BCUT2D eigenvalue weighted by atomic mass is 16.6. The third-order valence-electron chi connectivity index (χ3n) is 4.12. The normalized spacial score (nSPS) is 23.0. The Labute approximate surface area is 139 Å². The summed E-state index contributed by atoms with van der Waals surface area (Å²) in [6, 6.07) is -0.0665. The first-order valence-corrected chi connectivity index (χ1v) is 8.29. The van der Waals surface area contributed by atoms with Crippen LogP contribution in [0, 0.1) is 5.92 Å². The molecule has 0 aromatic heterocycles. The quantitative estimate of drug-likeness (QED) is 0.726. The van der Waals surface area contributed by atoms with Crippen LogP contribution in [0.3, 0.4) is 0 Å². The Balaban J connectivity index is 2.32. The molecular formula is C17H31NO5. The monoisotopic (exact) mass is 329 g/mol. The van der Waals surface area contributed by atoms with Gasteiger partial charge in [0.05, 0.1) is 31.8 Å². The Hall–Kier alpha value is -1.30. The highest BCUT2D eigenvalue weighted by Gasteiger charge is 2.28. The van der Waals surface area contributed by atoms with Crippen LogP contribution in [0.15, 0.2) is 0 Å². The van der Waals surface area contributed by atoms with Gasteiger partial charge < -0.3 is 19.1 Å².